The van der Waals surface area contributed by atoms with Crippen molar-refractivity contribution < 1.29 is 28.6 Å². The highest BCUT2D eigenvalue weighted by Gasteiger charge is 2.43. The first-order valence-electron chi connectivity index (χ1n) is 10.0. The monoisotopic (exact) mass is 459 g/mol. The zero-order chi connectivity index (χ0) is 23.5. The Bertz CT molecular complexity index is 1240. The van der Waals surface area contributed by atoms with Crippen LogP contribution in [0.3, 0.4) is 0 Å². The minimum Gasteiger partial charge on any atom is -0.390 e. The van der Waals surface area contributed by atoms with Crippen LogP contribution in [0.25, 0.3) is 10.9 Å². The van der Waals surface area contributed by atoms with Crippen LogP contribution in [0.5, 0.6) is 0 Å². The van der Waals surface area contributed by atoms with Crippen LogP contribution in [-0.4, -0.2) is 62.7 Å². The van der Waals surface area contributed by atoms with E-state index in [2.05, 4.69) is 28.8 Å². The van der Waals surface area contributed by atoms with Gasteiger partial charge in [0, 0.05) is 29.7 Å². The third-order valence-corrected chi connectivity index (χ3v) is 7.91. The summed E-state index contributed by atoms with van der Waals surface area (Å²) in [6.45, 7) is 1.41. The maximum atomic E-state index is 12.1. The first-order chi connectivity index (χ1) is 15.0. The largest absolute Gasteiger partial charge is 0.390 e. The summed E-state index contributed by atoms with van der Waals surface area (Å²) in [5.74, 6) is 10.4. The molecule has 2 unspecified atom stereocenters. The van der Waals surface area contributed by atoms with Crippen molar-refractivity contribution in [3.63, 3.8) is 0 Å². The van der Waals surface area contributed by atoms with Gasteiger partial charge in [-0.1, -0.05) is 11.8 Å². The number of nitrogens with zero attached hydrogens (tertiary/aromatic N) is 2. The number of aromatic nitrogens is 2. The van der Waals surface area contributed by atoms with E-state index < -0.39 is 32.7 Å². The van der Waals surface area contributed by atoms with E-state index in [4.69, 9.17) is 5.21 Å². The fourth-order valence-electron chi connectivity index (χ4n) is 3.60. The highest BCUT2D eigenvalue weighted by atomic mass is 32.2. The maximum Gasteiger partial charge on any atom is 0.264 e. The molecule has 9 nitrogen and oxygen atoms in total. The van der Waals surface area contributed by atoms with Gasteiger partial charge in [-0.25, -0.2) is 13.9 Å². The molecular weight excluding hydrogens is 434 g/mol. The van der Waals surface area contributed by atoms with Gasteiger partial charge in [-0.05, 0) is 56.2 Å². The predicted molar refractivity (Wildman–Crippen MR) is 117 cm³/mol. The highest BCUT2D eigenvalue weighted by Crippen LogP contribution is 2.25. The lowest BCUT2D eigenvalue weighted by Crippen LogP contribution is -2.49. The smallest absolute Gasteiger partial charge is 0.264 e. The second-order valence-corrected chi connectivity index (χ2v) is 10.6. The number of rotatable bonds is 5. The zero-order valence-corrected chi connectivity index (χ0v) is 18.6. The molecule has 2 aromatic rings. The fraction of sp³-hybridized carbons (Fsp3) is 0.455. The zero-order valence-electron chi connectivity index (χ0n) is 17.7. The molecule has 0 bridgehead atoms. The average molecular weight is 460 g/mol. The van der Waals surface area contributed by atoms with Gasteiger partial charge in [0.1, 0.15) is 0 Å². The number of benzene rings is 1. The Kier molecular flexibility index (Phi) is 6.91. The van der Waals surface area contributed by atoms with E-state index in [0.29, 0.717) is 12.8 Å². The van der Waals surface area contributed by atoms with Gasteiger partial charge in [0.25, 0.3) is 5.91 Å². The summed E-state index contributed by atoms with van der Waals surface area (Å²) in [6.07, 6.45) is 1.94. The van der Waals surface area contributed by atoms with Gasteiger partial charge >= 0.3 is 0 Å². The Morgan fingerprint density at radius 3 is 2.59 bits per heavy atom. The number of fused-ring (bicyclic) bond motifs is 1. The molecule has 3 rings (SSSR count). The van der Waals surface area contributed by atoms with Crippen LogP contribution < -0.4 is 5.48 Å². The van der Waals surface area contributed by atoms with Crippen molar-refractivity contribution in [1.82, 2.24) is 15.3 Å². The molecule has 10 heteroatoms. The number of aliphatic hydroxyl groups is 2. The van der Waals surface area contributed by atoms with Gasteiger partial charge in [0.15, 0.2) is 14.6 Å². The number of hydrogen-bond acceptors (Lipinski definition) is 7. The Morgan fingerprint density at radius 1 is 1.28 bits per heavy atom. The lowest BCUT2D eigenvalue weighted by molar-refractivity contribution is -0.131. The van der Waals surface area contributed by atoms with Crippen LogP contribution in [0.1, 0.15) is 31.7 Å². The number of amides is 1. The third-order valence-electron chi connectivity index (χ3n) is 5.88. The van der Waals surface area contributed by atoms with Crippen molar-refractivity contribution in [2.75, 3.05) is 6.26 Å². The number of carbonyl (C=O) groups excluding carboxylic acids is 1. The van der Waals surface area contributed by atoms with Crippen LogP contribution in [0, 0.1) is 29.6 Å². The number of hydrogen-bond donors (Lipinski definition) is 4. The van der Waals surface area contributed by atoms with Crippen molar-refractivity contribution in [2.24, 2.45) is 5.92 Å². The molecule has 4 atom stereocenters. The minimum absolute atomic E-state index is 0.0689. The lowest BCUT2D eigenvalue weighted by Gasteiger charge is -2.25. The standard InChI is InChI=1S/C22H25N3O6S/c1-22(21(28)24-29,32(2,30)31)9-10-25-18-8-7-15(11-17(18)14-23-25)5-3-4-6-16-12-19(26)20(27)13-16/h7-8,11,14,16,19-20,26-27,29H,9-10,12-13H2,1-2H3,(H,24,28)/t16?,19-,20+,22?. The summed E-state index contributed by atoms with van der Waals surface area (Å²) < 4.78 is 24.0. The van der Waals surface area contributed by atoms with Crippen molar-refractivity contribution >= 4 is 26.6 Å². The van der Waals surface area contributed by atoms with E-state index in [-0.39, 0.29) is 18.9 Å². The number of aryl methyl sites for hydroxylation is 1. The molecule has 1 aromatic carbocycles. The molecule has 4 N–H and O–H groups in total. The van der Waals surface area contributed by atoms with Crippen molar-refractivity contribution in [3.8, 4) is 23.7 Å². The van der Waals surface area contributed by atoms with E-state index in [0.717, 1.165) is 22.7 Å². The Hall–Kier alpha value is -2.89. The SMILES string of the molecule is CC(CCn1ncc2cc(C#CC#CC3C[C@@H](O)[C@@H](O)C3)ccc21)(C(=O)NO)S(C)(=O)=O. The number of carbonyl (C=O) groups is 1. The highest BCUT2D eigenvalue weighted by molar-refractivity contribution is 7.92. The van der Waals surface area contributed by atoms with E-state index in [1.807, 2.05) is 6.07 Å². The molecule has 32 heavy (non-hydrogen) atoms. The summed E-state index contributed by atoms with van der Waals surface area (Å²) in [6, 6.07) is 5.41. The minimum atomic E-state index is -3.79. The summed E-state index contributed by atoms with van der Waals surface area (Å²) >= 11 is 0. The first-order valence-corrected chi connectivity index (χ1v) is 11.9. The summed E-state index contributed by atoms with van der Waals surface area (Å²) in [5.41, 5.74) is 2.90. The van der Waals surface area contributed by atoms with Gasteiger partial charge in [-0.15, -0.1) is 0 Å². The fourth-order valence-corrected chi connectivity index (χ4v) is 4.45. The van der Waals surface area contributed by atoms with E-state index in [1.54, 1.807) is 23.0 Å². The average Bonchev–Trinajstić information content (AvgIpc) is 3.29. The van der Waals surface area contributed by atoms with Crippen molar-refractivity contribution in [2.45, 2.75) is 49.7 Å². The molecule has 1 aromatic heterocycles. The summed E-state index contributed by atoms with van der Waals surface area (Å²) in [7, 11) is -3.79. The molecule has 0 aliphatic heterocycles. The molecule has 0 radical (unpaired) electrons. The van der Waals surface area contributed by atoms with E-state index >= 15 is 0 Å². The van der Waals surface area contributed by atoms with Crippen molar-refractivity contribution in [1.29, 1.82) is 0 Å². The molecule has 1 fully saturated rings. The van der Waals surface area contributed by atoms with Crippen LogP contribution in [-0.2, 0) is 21.2 Å². The molecule has 1 heterocycles. The van der Waals surface area contributed by atoms with Gasteiger partial charge < -0.3 is 10.2 Å². The lowest BCUT2D eigenvalue weighted by atomic mass is 10.1. The van der Waals surface area contributed by atoms with Gasteiger partial charge in [0.05, 0.1) is 23.9 Å². The molecule has 170 valence electrons. The number of hydroxylamine groups is 1. The number of aliphatic hydroxyl groups excluding tert-OH is 2. The number of nitrogens with one attached hydrogen (secondary N) is 1. The van der Waals surface area contributed by atoms with Crippen LogP contribution in [0.4, 0.5) is 0 Å². The topological polar surface area (TPSA) is 142 Å². The molecule has 1 saturated carbocycles. The molecule has 1 aliphatic rings. The second kappa shape index (κ2) is 9.31. The van der Waals surface area contributed by atoms with Gasteiger partial charge in [-0.3, -0.25) is 14.7 Å². The molecule has 1 aliphatic carbocycles. The maximum absolute atomic E-state index is 12.1. The van der Waals surface area contributed by atoms with Gasteiger partial charge in [-0.2, -0.15) is 5.10 Å². The molecular formula is C22H25N3O6S. The van der Waals surface area contributed by atoms with Crippen molar-refractivity contribution in [3.05, 3.63) is 30.0 Å². The predicted octanol–water partition coefficient (Wildman–Crippen LogP) is 0.222. The van der Waals surface area contributed by atoms with E-state index in [9.17, 15) is 23.4 Å². The summed E-state index contributed by atoms with van der Waals surface area (Å²) in [4.78, 5) is 12.0. The quantitative estimate of drug-likeness (QED) is 0.285. The Balaban J connectivity index is 1.73. The second-order valence-electron chi connectivity index (χ2n) is 8.16. The van der Waals surface area contributed by atoms with Crippen LogP contribution in [0.15, 0.2) is 24.4 Å². The molecule has 0 spiro atoms. The first kappa shape index (κ1) is 23.8. The third kappa shape index (κ3) is 4.95. The summed E-state index contributed by atoms with van der Waals surface area (Å²) in [5, 5.41) is 33.1. The Labute approximate surface area is 186 Å². The number of sulfone groups is 1. The Morgan fingerprint density at radius 2 is 1.97 bits per heavy atom. The normalized spacial score (nSPS) is 22.3. The van der Waals surface area contributed by atoms with E-state index in [1.165, 1.54) is 12.4 Å². The molecule has 1 amide bonds. The van der Waals surface area contributed by atoms with Crippen LogP contribution in [0.2, 0.25) is 0 Å². The van der Waals surface area contributed by atoms with Gasteiger partial charge in [0.2, 0.25) is 0 Å². The van der Waals surface area contributed by atoms with Crippen LogP contribution >= 0.6 is 0 Å². The molecule has 0 saturated heterocycles.